The normalized spacial score (nSPS) is 27.6. The summed E-state index contributed by atoms with van der Waals surface area (Å²) in [5.74, 6) is -1.86. The predicted octanol–water partition coefficient (Wildman–Crippen LogP) is 5.00. The second kappa shape index (κ2) is 9.98. The third-order valence-electron chi connectivity index (χ3n) is 7.80. The first-order valence-corrected chi connectivity index (χ1v) is 14.2. The van der Waals surface area contributed by atoms with Gasteiger partial charge in [0.2, 0.25) is 17.7 Å². The van der Waals surface area contributed by atoms with Crippen LogP contribution in [-0.4, -0.2) is 39.9 Å². The summed E-state index contributed by atoms with van der Waals surface area (Å²) >= 11 is 7.23. The van der Waals surface area contributed by atoms with Crippen molar-refractivity contribution >= 4 is 66.9 Å². The maximum atomic E-state index is 13.2. The number of nitrogens with zero attached hydrogens (tertiary/aromatic N) is 2. The molecule has 2 aromatic carbocycles. The van der Waals surface area contributed by atoms with Crippen LogP contribution in [0.4, 0.5) is 11.4 Å². The smallest absolute Gasteiger partial charge is 0.316 e. The van der Waals surface area contributed by atoms with Gasteiger partial charge in [-0.3, -0.25) is 19.2 Å². The largest absolute Gasteiger partial charge is 0.426 e. The molecule has 194 valence electrons. The molecule has 7 nitrogen and oxygen atoms in total. The average Bonchev–Trinajstić information content (AvgIpc) is 3.34. The van der Waals surface area contributed by atoms with Crippen LogP contribution in [0, 0.1) is 38.5 Å². The lowest BCUT2D eigenvalue weighted by Gasteiger charge is -2.29. The first-order chi connectivity index (χ1) is 17.5. The summed E-state index contributed by atoms with van der Waals surface area (Å²) in [6.07, 6.45) is 1.30. The van der Waals surface area contributed by atoms with E-state index in [1.54, 1.807) is 30.0 Å². The van der Waals surface area contributed by atoms with Gasteiger partial charge in [-0.1, -0.05) is 37.9 Å². The molecule has 3 amide bonds. The number of rotatable bonds is 4. The maximum Gasteiger partial charge on any atom is 0.316 e. The second-order valence-corrected chi connectivity index (χ2v) is 12.6. The highest BCUT2D eigenvalue weighted by molar-refractivity contribution is 9.12. The fraction of sp³-hybridized carbons (Fsp3) is 0.429. The average molecular weight is 632 g/mol. The van der Waals surface area contributed by atoms with Crippen molar-refractivity contribution in [1.82, 2.24) is 0 Å². The van der Waals surface area contributed by atoms with Crippen molar-refractivity contribution < 1.29 is 23.9 Å². The number of ether oxygens (including phenoxy) is 1. The van der Waals surface area contributed by atoms with Crippen molar-refractivity contribution in [3.05, 3.63) is 53.1 Å². The summed E-state index contributed by atoms with van der Waals surface area (Å²) in [6.45, 7) is 6.06. The molecule has 0 unspecified atom stereocenters. The number of aryl methyl sites for hydroxylation is 3. The lowest BCUT2D eigenvalue weighted by atomic mass is 9.81. The van der Waals surface area contributed by atoms with Crippen LogP contribution >= 0.6 is 31.9 Å². The molecule has 5 rings (SSSR count). The molecule has 0 spiro atoms. The zero-order valence-electron chi connectivity index (χ0n) is 20.9. The van der Waals surface area contributed by atoms with Crippen molar-refractivity contribution in [3.8, 4) is 5.75 Å². The highest BCUT2D eigenvalue weighted by atomic mass is 79.9. The van der Waals surface area contributed by atoms with Crippen LogP contribution in [0.15, 0.2) is 36.4 Å². The van der Waals surface area contributed by atoms with E-state index in [1.165, 1.54) is 4.90 Å². The minimum absolute atomic E-state index is 0.0888. The Morgan fingerprint density at radius 2 is 1.51 bits per heavy atom. The molecule has 1 saturated carbocycles. The number of carbonyl (C=O) groups is 4. The minimum Gasteiger partial charge on any atom is -0.426 e. The van der Waals surface area contributed by atoms with E-state index >= 15 is 0 Å². The number of imide groups is 1. The zero-order valence-corrected chi connectivity index (χ0v) is 24.0. The second-order valence-electron chi connectivity index (χ2n) is 10.3. The molecule has 9 heteroatoms. The van der Waals surface area contributed by atoms with Crippen molar-refractivity contribution in [3.63, 3.8) is 0 Å². The Labute approximate surface area is 232 Å². The molecule has 0 radical (unpaired) electrons. The number of anilines is 2. The topological polar surface area (TPSA) is 84.0 Å². The molecule has 2 heterocycles. The highest BCUT2D eigenvalue weighted by Gasteiger charge is 2.52. The van der Waals surface area contributed by atoms with Gasteiger partial charge in [0.05, 0.1) is 23.4 Å². The summed E-state index contributed by atoms with van der Waals surface area (Å²) in [5, 5.41) is 0. The fourth-order valence-corrected chi connectivity index (χ4v) is 6.72. The SMILES string of the molecule is Cc1ccc(N2C[C@H](C(=O)Oc3ccc(N4C(=O)[C@@H]5C[C@@H](Br)[C@@H](Br)C[C@H]5C4=O)c(C)c3)CC2=O)cc1C. The first kappa shape index (κ1) is 26.1. The molecule has 0 aromatic heterocycles. The quantitative estimate of drug-likeness (QED) is 0.205. The third kappa shape index (κ3) is 4.76. The van der Waals surface area contributed by atoms with Crippen LogP contribution in [0.2, 0.25) is 0 Å². The van der Waals surface area contributed by atoms with Gasteiger partial charge in [0.1, 0.15) is 5.75 Å². The fourth-order valence-electron chi connectivity index (χ4n) is 5.48. The highest BCUT2D eigenvalue weighted by Crippen LogP contribution is 2.45. The number of carbonyl (C=O) groups excluding carboxylic acids is 4. The van der Waals surface area contributed by atoms with Gasteiger partial charge in [-0.25, -0.2) is 4.90 Å². The number of benzene rings is 2. The molecule has 0 bridgehead atoms. The first-order valence-electron chi connectivity index (χ1n) is 12.4. The van der Waals surface area contributed by atoms with Crippen molar-refractivity contribution in [2.75, 3.05) is 16.3 Å². The minimum atomic E-state index is -0.576. The lowest BCUT2D eigenvalue weighted by molar-refractivity contribution is -0.139. The molecule has 2 saturated heterocycles. The van der Waals surface area contributed by atoms with E-state index in [0.717, 1.165) is 16.8 Å². The Morgan fingerprint density at radius 3 is 2.11 bits per heavy atom. The van der Waals surface area contributed by atoms with Gasteiger partial charge in [0, 0.05) is 28.3 Å². The summed E-state index contributed by atoms with van der Waals surface area (Å²) in [7, 11) is 0. The van der Waals surface area contributed by atoms with E-state index < -0.39 is 11.9 Å². The van der Waals surface area contributed by atoms with E-state index in [1.807, 2.05) is 32.0 Å². The molecule has 5 atom stereocenters. The molecular weight excluding hydrogens is 604 g/mol. The maximum absolute atomic E-state index is 13.2. The molecular formula is C28H28Br2N2O5. The zero-order chi connectivity index (χ0) is 26.6. The summed E-state index contributed by atoms with van der Waals surface area (Å²) < 4.78 is 5.63. The van der Waals surface area contributed by atoms with Crippen molar-refractivity contribution in [2.45, 2.75) is 49.7 Å². The number of amides is 3. The Hall–Kier alpha value is -2.52. The molecule has 2 aliphatic heterocycles. The Balaban J connectivity index is 1.28. The molecule has 0 N–H and O–H groups in total. The van der Waals surface area contributed by atoms with E-state index in [2.05, 4.69) is 31.9 Å². The third-order valence-corrected chi connectivity index (χ3v) is 10.5. The number of hydrogen-bond donors (Lipinski definition) is 0. The van der Waals surface area contributed by atoms with Crippen LogP contribution in [0.3, 0.4) is 0 Å². The van der Waals surface area contributed by atoms with Gasteiger partial charge in [0.25, 0.3) is 0 Å². The Kier molecular flexibility index (Phi) is 7.04. The monoisotopic (exact) mass is 630 g/mol. The molecule has 2 aromatic rings. The van der Waals surface area contributed by atoms with Crippen LogP contribution in [0.5, 0.6) is 5.75 Å². The lowest BCUT2D eigenvalue weighted by Crippen LogP contribution is -2.34. The van der Waals surface area contributed by atoms with E-state index in [0.29, 0.717) is 29.8 Å². The number of halogens is 2. The number of fused-ring (bicyclic) bond motifs is 1. The van der Waals surface area contributed by atoms with E-state index in [9.17, 15) is 19.2 Å². The van der Waals surface area contributed by atoms with Crippen molar-refractivity contribution in [1.29, 1.82) is 0 Å². The molecule has 1 aliphatic carbocycles. The Morgan fingerprint density at radius 1 is 0.865 bits per heavy atom. The van der Waals surface area contributed by atoms with Crippen LogP contribution in [0.1, 0.15) is 36.0 Å². The summed E-state index contributed by atoms with van der Waals surface area (Å²) in [5.41, 5.74) is 4.18. The van der Waals surface area contributed by atoms with Crippen LogP contribution in [0.25, 0.3) is 0 Å². The van der Waals surface area contributed by atoms with Crippen LogP contribution < -0.4 is 14.5 Å². The number of alkyl halides is 2. The van der Waals surface area contributed by atoms with Crippen molar-refractivity contribution in [2.24, 2.45) is 17.8 Å². The van der Waals surface area contributed by atoms with Gasteiger partial charge in [-0.15, -0.1) is 0 Å². The molecule has 3 aliphatic rings. The number of hydrogen-bond acceptors (Lipinski definition) is 5. The number of esters is 1. The van der Waals surface area contributed by atoms with Gasteiger partial charge in [0.15, 0.2) is 0 Å². The van der Waals surface area contributed by atoms with Gasteiger partial charge in [-0.2, -0.15) is 0 Å². The Bertz CT molecular complexity index is 1280. The standard InChI is InChI=1S/C28H28Br2N2O5/c1-14-4-5-18(8-15(14)2)31-13-17(10-25(31)33)28(36)37-19-6-7-24(16(3)9-19)32-26(34)20-11-22(29)23(30)12-21(20)27(32)35/h4-9,17,20-23H,10-13H2,1-3H3/t17-,20-,21-,22-,23+/m1/s1. The molecule has 3 fully saturated rings. The van der Waals surface area contributed by atoms with Gasteiger partial charge in [-0.05, 0) is 80.6 Å². The summed E-state index contributed by atoms with van der Waals surface area (Å²) in [6, 6.07) is 10.7. The van der Waals surface area contributed by atoms with E-state index in [4.69, 9.17) is 4.74 Å². The van der Waals surface area contributed by atoms with Gasteiger partial charge >= 0.3 is 5.97 Å². The summed E-state index contributed by atoms with van der Waals surface area (Å²) in [4.78, 5) is 55.1. The van der Waals surface area contributed by atoms with E-state index in [-0.39, 0.29) is 52.2 Å². The van der Waals surface area contributed by atoms with Crippen LogP contribution in [-0.2, 0) is 19.2 Å². The predicted molar refractivity (Wildman–Crippen MR) is 147 cm³/mol. The molecule has 37 heavy (non-hydrogen) atoms. The van der Waals surface area contributed by atoms with Gasteiger partial charge < -0.3 is 9.64 Å².